The monoisotopic (exact) mass is 305 g/mol. The van der Waals surface area contributed by atoms with Gasteiger partial charge in [-0.1, -0.05) is 19.1 Å². The van der Waals surface area contributed by atoms with Crippen LogP contribution >= 0.6 is 0 Å². The molecule has 0 aromatic heterocycles. The van der Waals surface area contributed by atoms with Crippen LogP contribution in [-0.2, 0) is 16.4 Å². The molecule has 2 rings (SSSR count). The van der Waals surface area contributed by atoms with E-state index in [-0.39, 0.29) is 5.75 Å². The van der Waals surface area contributed by atoms with Crippen molar-refractivity contribution >= 4 is 9.84 Å². The maximum atomic E-state index is 11.7. The van der Waals surface area contributed by atoms with Crippen molar-refractivity contribution in [3.05, 3.63) is 54.1 Å². The molecule has 112 valence electrons. The minimum atomic E-state index is -3.16. The van der Waals surface area contributed by atoms with Crippen molar-refractivity contribution < 1.29 is 13.2 Å². The second-order valence-corrected chi connectivity index (χ2v) is 6.93. The zero-order valence-electron chi connectivity index (χ0n) is 12.2. The zero-order chi connectivity index (χ0) is 15.3. The van der Waals surface area contributed by atoms with Crippen LogP contribution in [0.3, 0.4) is 0 Å². The standard InChI is InChI=1S/C16H19NO3S/c1-3-21(18,19)16-10-8-15(9-11-16)20-14-6-4-13(5-7-14)12-17-2/h4-11,17H,3,12H2,1-2H3. The van der Waals surface area contributed by atoms with Crippen molar-refractivity contribution in [2.75, 3.05) is 12.8 Å². The van der Waals surface area contributed by atoms with Gasteiger partial charge in [0.15, 0.2) is 9.84 Å². The summed E-state index contributed by atoms with van der Waals surface area (Å²) in [4.78, 5) is 0.321. The smallest absolute Gasteiger partial charge is 0.178 e. The number of nitrogens with one attached hydrogen (secondary N) is 1. The Labute approximate surface area is 125 Å². The second kappa shape index (κ2) is 6.74. The number of sulfone groups is 1. The molecule has 2 aromatic rings. The second-order valence-electron chi connectivity index (χ2n) is 4.65. The first-order valence-electron chi connectivity index (χ1n) is 6.79. The van der Waals surface area contributed by atoms with Gasteiger partial charge in [-0.05, 0) is 49.0 Å². The molecule has 0 bridgehead atoms. The lowest BCUT2D eigenvalue weighted by Gasteiger charge is -2.08. The van der Waals surface area contributed by atoms with E-state index in [1.54, 1.807) is 31.2 Å². The van der Waals surface area contributed by atoms with Gasteiger partial charge in [0.2, 0.25) is 0 Å². The highest BCUT2D eigenvalue weighted by Gasteiger charge is 2.11. The van der Waals surface area contributed by atoms with Gasteiger partial charge in [0.1, 0.15) is 11.5 Å². The first-order chi connectivity index (χ1) is 10.0. The van der Waals surface area contributed by atoms with Crippen LogP contribution in [0.15, 0.2) is 53.4 Å². The van der Waals surface area contributed by atoms with E-state index >= 15 is 0 Å². The average Bonchev–Trinajstić information content (AvgIpc) is 2.50. The van der Waals surface area contributed by atoms with Crippen LogP contribution in [0.5, 0.6) is 11.5 Å². The normalized spacial score (nSPS) is 11.3. The number of hydrogen-bond acceptors (Lipinski definition) is 4. The molecule has 5 heteroatoms. The third-order valence-corrected chi connectivity index (χ3v) is 4.85. The summed E-state index contributed by atoms with van der Waals surface area (Å²) in [5, 5.41) is 3.08. The van der Waals surface area contributed by atoms with Gasteiger partial charge in [-0.3, -0.25) is 0 Å². The summed E-state index contributed by atoms with van der Waals surface area (Å²) < 4.78 is 29.1. The van der Waals surface area contributed by atoms with Crippen LogP contribution in [0.2, 0.25) is 0 Å². The Hall–Kier alpha value is -1.85. The fourth-order valence-corrected chi connectivity index (χ4v) is 2.78. The summed E-state index contributed by atoms with van der Waals surface area (Å²) in [6.45, 7) is 2.44. The van der Waals surface area contributed by atoms with Crippen molar-refractivity contribution in [2.45, 2.75) is 18.4 Å². The Morgan fingerprint density at radius 1 is 0.952 bits per heavy atom. The summed E-state index contributed by atoms with van der Waals surface area (Å²) in [7, 11) is -1.26. The van der Waals surface area contributed by atoms with Crippen molar-refractivity contribution in [2.24, 2.45) is 0 Å². The number of hydrogen-bond donors (Lipinski definition) is 1. The summed E-state index contributed by atoms with van der Waals surface area (Å²) in [5.41, 5.74) is 1.18. The van der Waals surface area contributed by atoms with E-state index in [9.17, 15) is 8.42 Å². The molecule has 0 saturated carbocycles. The lowest BCUT2D eigenvalue weighted by atomic mass is 10.2. The van der Waals surface area contributed by atoms with Crippen molar-refractivity contribution in [3.63, 3.8) is 0 Å². The van der Waals surface area contributed by atoms with E-state index in [2.05, 4.69) is 5.32 Å². The molecule has 0 unspecified atom stereocenters. The fraction of sp³-hybridized carbons (Fsp3) is 0.250. The van der Waals surface area contributed by atoms with Crippen molar-refractivity contribution in [1.29, 1.82) is 0 Å². The van der Waals surface area contributed by atoms with Crippen LogP contribution in [0, 0.1) is 0 Å². The van der Waals surface area contributed by atoms with Crippen LogP contribution in [-0.4, -0.2) is 21.2 Å². The molecule has 0 saturated heterocycles. The maximum absolute atomic E-state index is 11.7. The first kappa shape index (κ1) is 15.5. The van der Waals surface area contributed by atoms with E-state index in [0.717, 1.165) is 12.3 Å². The molecule has 0 aliphatic rings. The molecule has 0 atom stereocenters. The summed E-state index contributed by atoms with van der Waals surface area (Å²) in [6.07, 6.45) is 0. The maximum Gasteiger partial charge on any atom is 0.178 e. The lowest BCUT2D eigenvalue weighted by Crippen LogP contribution is -2.04. The summed E-state index contributed by atoms with van der Waals surface area (Å²) >= 11 is 0. The van der Waals surface area contributed by atoms with E-state index in [0.29, 0.717) is 10.6 Å². The summed E-state index contributed by atoms with van der Waals surface area (Å²) in [6, 6.07) is 14.2. The van der Waals surface area contributed by atoms with Gasteiger partial charge in [0, 0.05) is 6.54 Å². The highest BCUT2D eigenvalue weighted by Crippen LogP contribution is 2.23. The Kier molecular flexibility index (Phi) is 4.98. The van der Waals surface area contributed by atoms with E-state index in [1.165, 1.54) is 5.56 Å². The molecule has 4 nitrogen and oxygen atoms in total. The van der Waals surface area contributed by atoms with Gasteiger partial charge in [-0.2, -0.15) is 0 Å². The Morgan fingerprint density at radius 2 is 1.48 bits per heavy atom. The molecule has 1 N–H and O–H groups in total. The average molecular weight is 305 g/mol. The molecule has 0 amide bonds. The van der Waals surface area contributed by atoms with Crippen LogP contribution < -0.4 is 10.1 Å². The predicted octanol–water partition coefficient (Wildman–Crippen LogP) is 2.99. The number of ether oxygens (including phenoxy) is 1. The van der Waals surface area contributed by atoms with Gasteiger partial charge in [0.25, 0.3) is 0 Å². The molecular weight excluding hydrogens is 286 g/mol. The Bertz CT molecular complexity index is 676. The lowest BCUT2D eigenvalue weighted by molar-refractivity contribution is 0.482. The molecule has 21 heavy (non-hydrogen) atoms. The zero-order valence-corrected chi connectivity index (χ0v) is 13.0. The third-order valence-electron chi connectivity index (χ3n) is 3.10. The Morgan fingerprint density at radius 3 is 1.95 bits per heavy atom. The molecule has 0 aliphatic carbocycles. The first-order valence-corrected chi connectivity index (χ1v) is 8.44. The highest BCUT2D eigenvalue weighted by molar-refractivity contribution is 7.91. The molecule has 0 spiro atoms. The van der Waals surface area contributed by atoms with Crippen molar-refractivity contribution in [1.82, 2.24) is 5.32 Å². The van der Waals surface area contributed by atoms with Gasteiger partial charge in [0.05, 0.1) is 10.6 Å². The van der Waals surface area contributed by atoms with Gasteiger partial charge in [-0.25, -0.2) is 8.42 Å². The Balaban J connectivity index is 2.10. The molecule has 0 radical (unpaired) electrons. The molecular formula is C16H19NO3S. The molecule has 0 aliphatic heterocycles. The summed E-state index contributed by atoms with van der Waals surface area (Å²) in [5.74, 6) is 1.44. The van der Waals surface area contributed by atoms with Gasteiger partial charge >= 0.3 is 0 Å². The largest absolute Gasteiger partial charge is 0.457 e. The van der Waals surface area contributed by atoms with Gasteiger partial charge < -0.3 is 10.1 Å². The predicted molar refractivity (Wildman–Crippen MR) is 83.4 cm³/mol. The quantitative estimate of drug-likeness (QED) is 0.891. The van der Waals surface area contributed by atoms with E-state index in [4.69, 9.17) is 4.74 Å². The van der Waals surface area contributed by atoms with Crippen LogP contribution in [0.25, 0.3) is 0 Å². The minimum Gasteiger partial charge on any atom is -0.457 e. The number of benzene rings is 2. The number of rotatable bonds is 6. The topological polar surface area (TPSA) is 55.4 Å². The molecule has 0 fully saturated rings. The fourth-order valence-electron chi connectivity index (χ4n) is 1.90. The molecule has 0 heterocycles. The van der Waals surface area contributed by atoms with Gasteiger partial charge in [-0.15, -0.1) is 0 Å². The third kappa shape index (κ3) is 4.06. The van der Waals surface area contributed by atoms with Crippen LogP contribution in [0.1, 0.15) is 12.5 Å². The van der Waals surface area contributed by atoms with Crippen molar-refractivity contribution in [3.8, 4) is 11.5 Å². The van der Waals surface area contributed by atoms with E-state index in [1.807, 2.05) is 31.3 Å². The highest BCUT2D eigenvalue weighted by atomic mass is 32.2. The van der Waals surface area contributed by atoms with E-state index < -0.39 is 9.84 Å². The minimum absolute atomic E-state index is 0.0974. The van der Waals surface area contributed by atoms with Crippen LogP contribution in [0.4, 0.5) is 0 Å². The molecule has 2 aromatic carbocycles. The SMILES string of the molecule is CCS(=O)(=O)c1ccc(Oc2ccc(CNC)cc2)cc1.